The highest BCUT2D eigenvalue weighted by Crippen LogP contribution is 2.44. The van der Waals surface area contributed by atoms with Gasteiger partial charge in [-0.05, 0) is 110 Å². The Labute approximate surface area is 217 Å². The molecule has 2 aliphatic rings. The molecule has 0 saturated carbocycles. The van der Waals surface area contributed by atoms with Gasteiger partial charge in [0, 0.05) is 5.56 Å². The van der Waals surface area contributed by atoms with Gasteiger partial charge in [0.15, 0.2) is 5.05 Å². The highest BCUT2D eigenvalue weighted by molar-refractivity contribution is 7.80. The third kappa shape index (κ3) is 3.26. The van der Waals surface area contributed by atoms with Crippen LogP contribution in [-0.2, 0) is 17.6 Å². The molecule has 0 heterocycles. The predicted molar refractivity (Wildman–Crippen MR) is 153 cm³/mol. The van der Waals surface area contributed by atoms with Gasteiger partial charge in [0.05, 0.1) is 7.11 Å². The first-order chi connectivity index (χ1) is 17.7. The van der Waals surface area contributed by atoms with Crippen LogP contribution in [0.3, 0.4) is 0 Å². The van der Waals surface area contributed by atoms with Crippen LogP contribution < -0.4 is 0 Å². The van der Waals surface area contributed by atoms with Crippen LogP contribution in [0.2, 0.25) is 0 Å². The minimum Gasteiger partial charge on any atom is -0.486 e. The van der Waals surface area contributed by atoms with Crippen molar-refractivity contribution in [1.29, 1.82) is 0 Å². The summed E-state index contributed by atoms with van der Waals surface area (Å²) in [6, 6.07) is 37.5. The average molecular weight is 481 g/mol. The first kappa shape index (κ1) is 21.3. The Morgan fingerprint density at radius 2 is 1.00 bits per heavy atom. The molecule has 2 aliphatic carbocycles. The van der Waals surface area contributed by atoms with Crippen LogP contribution >= 0.6 is 12.2 Å². The molecule has 7 rings (SSSR count). The third-order valence-corrected chi connectivity index (χ3v) is 8.08. The molecule has 0 spiro atoms. The number of hydrogen-bond donors (Lipinski definition) is 0. The molecule has 0 amide bonds. The van der Waals surface area contributed by atoms with E-state index in [2.05, 4.69) is 103 Å². The normalized spacial score (nSPS) is 12.5. The van der Waals surface area contributed by atoms with Crippen molar-refractivity contribution >= 4 is 17.3 Å². The fraction of sp³-hybridized carbons (Fsp3) is 0.0882. The fourth-order valence-electron chi connectivity index (χ4n) is 6.03. The maximum absolute atomic E-state index is 5.63. The van der Waals surface area contributed by atoms with Gasteiger partial charge in [-0.2, -0.15) is 0 Å². The van der Waals surface area contributed by atoms with Crippen molar-refractivity contribution < 1.29 is 4.74 Å². The van der Waals surface area contributed by atoms with Crippen molar-refractivity contribution in [3.05, 3.63) is 131 Å². The molecule has 0 aliphatic heterocycles. The molecule has 5 aromatic rings. The fourth-order valence-corrected chi connectivity index (χ4v) is 6.15. The number of rotatable bonds is 3. The summed E-state index contributed by atoms with van der Waals surface area (Å²) >= 11 is 5.63. The molecule has 0 fully saturated rings. The van der Waals surface area contributed by atoms with Gasteiger partial charge in [-0.25, -0.2) is 0 Å². The third-order valence-electron chi connectivity index (χ3n) is 7.68. The molecule has 0 saturated heterocycles. The van der Waals surface area contributed by atoms with Crippen molar-refractivity contribution in [3.63, 3.8) is 0 Å². The molecule has 5 aromatic carbocycles. The molecular formula is C34H24OS. The first-order valence-corrected chi connectivity index (χ1v) is 12.8. The first-order valence-electron chi connectivity index (χ1n) is 12.4. The van der Waals surface area contributed by atoms with Crippen molar-refractivity contribution in [2.45, 2.75) is 12.8 Å². The van der Waals surface area contributed by atoms with E-state index in [1.54, 1.807) is 7.11 Å². The Morgan fingerprint density at radius 1 is 0.556 bits per heavy atom. The Kier molecular flexibility index (Phi) is 4.90. The standard InChI is InChI=1S/C34H24OS/c1-35-34(36)25-17-23(28-12-6-14-30-26-10-4-2-8-21(26)19-32(28)30)16-24(18-25)29-13-7-15-31-27-11-5-3-9-22(27)20-33(29)31/h2-18H,19-20H2,1H3. The van der Waals surface area contributed by atoms with Gasteiger partial charge >= 0.3 is 0 Å². The van der Waals surface area contributed by atoms with E-state index >= 15 is 0 Å². The van der Waals surface area contributed by atoms with E-state index in [1.807, 2.05) is 0 Å². The minimum atomic E-state index is 0.518. The zero-order valence-electron chi connectivity index (χ0n) is 20.0. The number of ether oxygens (including phenoxy) is 1. The summed E-state index contributed by atoms with van der Waals surface area (Å²) in [7, 11) is 1.66. The molecule has 0 unspecified atom stereocenters. The predicted octanol–water partition coefficient (Wildman–Crippen LogP) is 8.48. The maximum atomic E-state index is 5.63. The van der Waals surface area contributed by atoms with Gasteiger partial charge in [0.25, 0.3) is 0 Å². The van der Waals surface area contributed by atoms with Gasteiger partial charge < -0.3 is 4.74 Å². The lowest BCUT2D eigenvalue weighted by Gasteiger charge is -2.15. The van der Waals surface area contributed by atoms with Crippen molar-refractivity contribution in [3.8, 4) is 44.5 Å². The summed E-state index contributed by atoms with van der Waals surface area (Å²) in [4.78, 5) is 0. The van der Waals surface area contributed by atoms with Gasteiger partial charge in [-0.15, -0.1) is 0 Å². The van der Waals surface area contributed by atoms with E-state index < -0.39 is 0 Å². The highest BCUT2D eigenvalue weighted by atomic mass is 32.1. The van der Waals surface area contributed by atoms with Gasteiger partial charge in [-0.1, -0.05) is 84.9 Å². The number of thiocarbonyl (C=S) groups is 1. The highest BCUT2D eigenvalue weighted by Gasteiger charge is 2.24. The van der Waals surface area contributed by atoms with E-state index in [-0.39, 0.29) is 0 Å². The van der Waals surface area contributed by atoms with E-state index in [9.17, 15) is 0 Å². The van der Waals surface area contributed by atoms with E-state index in [0.717, 1.165) is 18.4 Å². The maximum Gasteiger partial charge on any atom is 0.190 e. The zero-order valence-corrected chi connectivity index (χ0v) is 20.9. The molecule has 0 bridgehead atoms. The lowest BCUT2D eigenvalue weighted by Crippen LogP contribution is -2.01. The van der Waals surface area contributed by atoms with E-state index in [0.29, 0.717) is 5.05 Å². The monoisotopic (exact) mass is 480 g/mol. The van der Waals surface area contributed by atoms with Crippen LogP contribution in [-0.4, -0.2) is 12.2 Å². The van der Waals surface area contributed by atoms with Crippen molar-refractivity contribution in [1.82, 2.24) is 0 Å². The smallest absolute Gasteiger partial charge is 0.190 e. The summed E-state index contributed by atoms with van der Waals surface area (Å²) < 4.78 is 5.54. The van der Waals surface area contributed by atoms with Crippen LogP contribution in [0.5, 0.6) is 0 Å². The number of hydrogen-bond acceptors (Lipinski definition) is 2. The molecule has 0 radical (unpaired) electrons. The van der Waals surface area contributed by atoms with Gasteiger partial charge in [0.1, 0.15) is 0 Å². The molecule has 2 heteroatoms. The van der Waals surface area contributed by atoms with E-state index in [4.69, 9.17) is 17.0 Å². The summed E-state index contributed by atoms with van der Waals surface area (Å²) in [5.41, 5.74) is 16.7. The average Bonchev–Trinajstić information content (AvgIpc) is 3.50. The van der Waals surface area contributed by atoms with Crippen LogP contribution in [0.4, 0.5) is 0 Å². The van der Waals surface area contributed by atoms with Gasteiger partial charge in [-0.3, -0.25) is 0 Å². The zero-order chi connectivity index (χ0) is 24.2. The van der Waals surface area contributed by atoms with E-state index in [1.165, 1.54) is 66.8 Å². The van der Waals surface area contributed by atoms with Crippen LogP contribution in [0.15, 0.2) is 103 Å². The molecule has 1 nitrogen and oxygen atoms in total. The topological polar surface area (TPSA) is 9.23 Å². The molecule has 0 aromatic heterocycles. The Balaban J connectivity index is 1.42. The molecular weight excluding hydrogens is 456 g/mol. The second kappa shape index (κ2) is 8.29. The largest absolute Gasteiger partial charge is 0.486 e. The number of methoxy groups -OCH3 is 1. The number of benzene rings is 5. The Hall–Kier alpha value is -4.01. The molecule has 172 valence electrons. The summed E-state index contributed by atoms with van der Waals surface area (Å²) in [6.07, 6.45) is 1.90. The summed E-state index contributed by atoms with van der Waals surface area (Å²) in [6.45, 7) is 0. The van der Waals surface area contributed by atoms with Crippen LogP contribution in [0.25, 0.3) is 44.5 Å². The summed E-state index contributed by atoms with van der Waals surface area (Å²) in [5.74, 6) is 0. The SMILES string of the molecule is COC(=S)c1cc(-c2cccc3c2Cc2ccccc2-3)cc(-c2cccc3c2Cc2ccccc2-3)c1. The molecule has 0 N–H and O–H groups in total. The molecule has 0 atom stereocenters. The minimum absolute atomic E-state index is 0.518. The lowest BCUT2D eigenvalue weighted by atomic mass is 9.89. The van der Waals surface area contributed by atoms with Crippen LogP contribution in [0, 0.1) is 0 Å². The number of fused-ring (bicyclic) bond motifs is 6. The second-order valence-corrected chi connectivity index (χ2v) is 9.99. The van der Waals surface area contributed by atoms with Crippen LogP contribution in [0.1, 0.15) is 27.8 Å². The van der Waals surface area contributed by atoms with Crippen molar-refractivity contribution in [2.24, 2.45) is 0 Å². The lowest BCUT2D eigenvalue weighted by molar-refractivity contribution is 0.416. The van der Waals surface area contributed by atoms with Crippen molar-refractivity contribution in [2.75, 3.05) is 7.11 Å². The quantitative estimate of drug-likeness (QED) is 0.235. The Bertz CT molecular complexity index is 1580. The molecule has 36 heavy (non-hydrogen) atoms. The second-order valence-electron chi connectivity index (χ2n) is 9.62. The Morgan fingerprint density at radius 3 is 1.50 bits per heavy atom. The summed E-state index contributed by atoms with van der Waals surface area (Å²) in [5, 5.41) is 0.518. The van der Waals surface area contributed by atoms with Gasteiger partial charge in [0.2, 0.25) is 0 Å².